The van der Waals surface area contributed by atoms with E-state index in [4.69, 9.17) is 19.2 Å². The average molecular weight is 611 g/mol. The minimum atomic E-state index is -0.711. The standard InChI is InChI=1S/C40H38N2O4/c1-40(2)34-24-31(32-22-33(23-32)44-25-28-12-6-3-7-13-28)18-19-35(34)42(39(40)43)36-20-21-37(45-26-29-14-8-4-9-15-29)41-38(36)46-27-30-16-10-5-11-17-30/h3-21,24,32-33H,22-23,25-27H2,1-2H3. The molecule has 46 heavy (non-hydrogen) atoms. The molecule has 0 N–H and O–H groups in total. The van der Waals surface area contributed by atoms with Gasteiger partial charge in [0.15, 0.2) is 0 Å². The van der Waals surface area contributed by atoms with Gasteiger partial charge in [-0.15, -0.1) is 0 Å². The SMILES string of the molecule is CC1(C)C(=O)N(c2ccc(OCc3ccccc3)nc2OCc2ccccc2)c2ccc(C3CC(OCc4ccccc4)C3)cc21. The van der Waals surface area contributed by atoms with Gasteiger partial charge in [-0.1, -0.05) is 103 Å². The Bertz CT molecular complexity index is 1800. The van der Waals surface area contributed by atoms with Crippen LogP contribution in [0, 0.1) is 0 Å². The van der Waals surface area contributed by atoms with Gasteiger partial charge in [0.1, 0.15) is 18.9 Å². The molecule has 6 heteroatoms. The lowest BCUT2D eigenvalue weighted by atomic mass is 9.75. The molecule has 1 fully saturated rings. The summed E-state index contributed by atoms with van der Waals surface area (Å²) >= 11 is 0. The van der Waals surface area contributed by atoms with Crippen molar-refractivity contribution in [3.63, 3.8) is 0 Å². The molecule has 4 aromatic carbocycles. The first-order valence-electron chi connectivity index (χ1n) is 15.9. The van der Waals surface area contributed by atoms with Crippen LogP contribution in [-0.4, -0.2) is 17.0 Å². The van der Waals surface area contributed by atoms with E-state index >= 15 is 0 Å². The number of carbonyl (C=O) groups is 1. The van der Waals surface area contributed by atoms with Gasteiger partial charge < -0.3 is 14.2 Å². The molecule has 2 heterocycles. The van der Waals surface area contributed by atoms with Gasteiger partial charge in [0, 0.05) is 6.07 Å². The third-order valence-corrected chi connectivity index (χ3v) is 9.07. The minimum absolute atomic E-state index is 0.0124. The first-order valence-corrected chi connectivity index (χ1v) is 15.9. The van der Waals surface area contributed by atoms with Crippen LogP contribution < -0.4 is 14.4 Å². The summed E-state index contributed by atoms with van der Waals surface area (Å²) < 4.78 is 18.5. The summed E-state index contributed by atoms with van der Waals surface area (Å²) in [5, 5.41) is 0. The number of nitrogens with zero attached hydrogens (tertiary/aromatic N) is 2. The Morgan fingerprint density at radius 3 is 1.89 bits per heavy atom. The molecule has 1 aromatic heterocycles. The van der Waals surface area contributed by atoms with Crippen LogP contribution in [-0.2, 0) is 34.8 Å². The fourth-order valence-corrected chi connectivity index (χ4v) is 6.24. The Morgan fingerprint density at radius 1 is 0.696 bits per heavy atom. The molecule has 1 amide bonds. The summed E-state index contributed by atoms with van der Waals surface area (Å²) in [5.74, 6) is 1.19. The number of fused-ring (bicyclic) bond motifs is 1. The van der Waals surface area contributed by atoms with E-state index in [1.807, 2.05) is 105 Å². The lowest BCUT2D eigenvalue weighted by Gasteiger charge is -2.36. The molecule has 232 valence electrons. The van der Waals surface area contributed by atoms with Crippen molar-refractivity contribution in [2.75, 3.05) is 4.90 Å². The van der Waals surface area contributed by atoms with Gasteiger partial charge in [-0.3, -0.25) is 9.69 Å². The minimum Gasteiger partial charge on any atom is -0.473 e. The molecule has 1 aliphatic carbocycles. The average Bonchev–Trinajstić information content (AvgIpc) is 3.27. The topological polar surface area (TPSA) is 60.9 Å². The normalized spacial score (nSPS) is 18.1. The molecule has 2 aliphatic rings. The molecule has 5 aromatic rings. The van der Waals surface area contributed by atoms with E-state index in [1.165, 1.54) is 11.1 Å². The second kappa shape index (κ2) is 12.8. The molecule has 7 rings (SSSR count). The summed E-state index contributed by atoms with van der Waals surface area (Å²) in [5.41, 5.74) is 6.27. The number of hydrogen-bond acceptors (Lipinski definition) is 5. The number of ether oxygens (including phenoxy) is 3. The van der Waals surface area contributed by atoms with E-state index in [1.54, 1.807) is 4.90 Å². The van der Waals surface area contributed by atoms with Gasteiger partial charge in [0.05, 0.1) is 23.8 Å². The first-order chi connectivity index (χ1) is 22.5. The van der Waals surface area contributed by atoms with Crippen molar-refractivity contribution in [2.24, 2.45) is 0 Å². The highest BCUT2D eigenvalue weighted by atomic mass is 16.5. The van der Waals surface area contributed by atoms with Gasteiger partial charge in [-0.25, -0.2) is 0 Å². The van der Waals surface area contributed by atoms with E-state index in [2.05, 4.69) is 30.3 Å². The Hall–Kier alpha value is -4.94. The van der Waals surface area contributed by atoms with Gasteiger partial charge in [-0.2, -0.15) is 4.98 Å². The zero-order valence-corrected chi connectivity index (χ0v) is 26.3. The fourth-order valence-electron chi connectivity index (χ4n) is 6.24. The number of aromatic nitrogens is 1. The monoisotopic (exact) mass is 610 g/mol. The molecule has 6 nitrogen and oxygen atoms in total. The van der Waals surface area contributed by atoms with E-state index in [0.29, 0.717) is 43.2 Å². The maximum Gasteiger partial charge on any atom is 0.242 e. The number of pyridine rings is 1. The van der Waals surface area contributed by atoms with Crippen LogP contribution in [0.5, 0.6) is 11.8 Å². The van der Waals surface area contributed by atoms with Crippen molar-refractivity contribution in [1.82, 2.24) is 4.98 Å². The summed E-state index contributed by atoms with van der Waals surface area (Å²) in [4.78, 5) is 20.7. The van der Waals surface area contributed by atoms with Gasteiger partial charge in [-0.05, 0) is 72.6 Å². The Kier molecular flexibility index (Phi) is 8.29. The quantitative estimate of drug-likeness (QED) is 0.150. The van der Waals surface area contributed by atoms with Crippen LogP contribution >= 0.6 is 0 Å². The summed E-state index contributed by atoms with van der Waals surface area (Å²) in [6.45, 7) is 5.33. The van der Waals surface area contributed by atoms with Gasteiger partial charge in [0.25, 0.3) is 0 Å². The largest absolute Gasteiger partial charge is 0.473 e. The molecule has 0 bridgehead atoms. The Labute approximate surface area is 270 Å². The Morgan fingerprint density at radius 2 is 1.26 bits per heavy atom. The van der Waals surface area contributed by atoms with Crippen LogP contribution in [0.4, 0.5) is 11.4 Å². The van der Waals surface area contributed by atoms with E-state index in [0.717, 1.165) is 35.2 Å². The number of benzene rings is 4. The molecule has 0 unspecified atom stereocenters. The molecule has 0 atom stereocenters. The van der Waals surface area contributed by atoms with E-state index < -0.39 is 5.41 Å². The van der Waals surface area contributed by atoms with Gasteiger partial charge in [0.2, 0.25) is 17.7 Å². The second-order valence-electron chi connectivity index (χ2n) is 12.7. The fraction of sp³-hybridized carbons (Fsp3) is 0.250. The zero-order chi connectivity index (χ0) is 31.5. The molecule has 1 aliphatic heterocycles. The molecular weight excluding hydrogens is 572 g/mol. The Balaban J connectivity index is 1.13. The lowest BCUT2D eigenvalue weighted by molar-refractivity contribution is -0.121. The number of anilines is 2. The number of amides is 1. The molecular formula is C40H38N2O4. The smallest absolute Gasteiger partial charge is 0.242 e. The number of rotatable bonds is 11. The van der Waals surface area contributed by atoms with Crippen molar-refractivity contribution in [1.29, 1.82) is 0 Å². The van der Waals surface area contributed by atoms with E-state index in [-0.39, 0.29) is 12.0 Å². The zero-order valence-electron chi connectivity index (χ0n) is 26.3. The second-order valence-corrected chi connectivity index (χ2v) is 12.7. The first kappa shape index (κ1) is 29.8. The highest BCUT2D eigenvalue weighted by molar-refractivity contribution is 6.13. The lowest BCUT2D eigenvalue weighted by Crippen LogP contribution is -2.33. The highest BCUT2D eigenvalue weighted by Gasteiger charge is 2.46. The highest BCUT2D eigenvalue weighted by Crippen LogP contribution is 2.50. The van der Waals surface area contributed by atoms with E-state index in [9.17, 15) is 4.79 Å². The van der Waals surface area contributed by atoms with Crippen LogP contribution in [0.3, 0.4) is 0 Å². The number of hydrogen-bond donors (Lipinski definition) is 0. The van der Waals surface area contributed by atoms with Crippen LogP contribution in [0.15, 0.2) is 121 Å². The van der Waals surface area contributed by atoms with Crippen molar-refractivity contribution < 1.29 is 19.0 Å². The molecule has 0 radical (unpaired) electrons. The van der Waals surface area contributed by atoms with Crippen molar-refractivity contribution >= 4 is 17.3 Å². The third-order valence-electron chi connectivity index (χ3n) is 9.07. The van der Waals surface area contributed by atoms with Crippen LogP contribution in [0.25, 0.3) is 0 Å². The summed E-state index contributed by atoms with van der Waals surface area (Å²) in [7, 11) is 0. The maximum absolute atomic E-state index is 14.1. The van der Waals surface area contributed by atoms with Crippen molar-refractivity contribution in [3.05, 3.63) is 149 Å². The molecule has 1 saturated carbocycles. The molecule has 0 spiro atoms. The van der Waals surface area contributed by atoms with Crippen molar-refractivity contribution in [2.45, 2.75) is 63.9 Å². The van der Waals surface area contributed by atoms with Crippen LogP contribution in [0.1, 0.15) is 60.4 Å². The summed E-state index contributed by atoms with van der Waals surface area (Å²) in [6, 6.07) is 40.4. The predicted octanol–water partition coefficient (Wildman–Crippen LogP) is 8.66. The van der Waals surface area contributed by atoms with Crippen LogP contribution in [0.2, 0.25) is 0 Å². The molecule has 0 saturated heterocycles. The predicted molar refractivity (Wildman–Crippen MR) is 179 cm³/mol. The van der Waals surface area contributed by atoms with Gasteiger partial charge >= 0.3 is 0 Å². The van der Waals surface area contributed by atoms with Crippen molar-refractivity contribution in [3.8, 4) is 11.8 Å². The third kappa shape index (κ3) is 6.13. The number of carbonyl (C=O) groups excluding carboxylic acids is 1. The summed E-state index contributed by atoms with van der Waals surface area (Å²) in [6.07, 6.45) is 2.22. The maximum atomic E-state index is 14.1.